The number of hydrogen-bond acceptors (Lipinski definition) is 4. The van der Waals surface area contributed by atoms with Gasteiger partial charge in [0.15, 0.2) is 0 Å². The Morgan fingerprint density at radius 2 is 2.15 bits per heavy atom. The van der Waals surface area contributed by atoms with E-state index in [1.54, 1.807) is 10.8 Å². The normalized spacial score (nSPS) is 23.6. The number of nitrogens with zero attached hydrogens (tertiary/aromatic N) is 4. The van der Waals surface area contributed by atoms with Gasteiger partial charge in [0, 0.05) is 23.5 Å². The van der Waals surface area contributed by atoms with Crippen LogP contribution in [0.15, 0.2) is 18.6 Å². The van der Waals surface area contributed by atoms with Gasteiger partial charge in [-0.1, -0.05) is 5.21 Å². The van der Waals surface area contributed by atoms with Crippen molar-refractivity contribution < 1.29 is 0 Å². The monoisotopic (exact) mass is 270 g/mol. The van der Waals surface area contributed by atoms with Crippen LogP contribution in [0.2, 0.25) is 0 Å². The molecule has 0 aromatic carbocycles. The fourth-order valence-corrected chi connectivity index (χ4v) is 3.35. The maximum absolute atomic E-state index is 4.44. The van der Waals surface area contributed by atoms with Gasteiger partial charge in [0.2, 0.25) is 0 Å². The molecule has 3 aromatic rings. The number of H-pyrrole nitrogens is 1. The van der Waals surface area contributed by atoms with Gasteiger partial charge in [-0.15, -0.1) is 5.10 Å². The SMILES string of the molecule is CNC1CCC(c2nnn3cnc4[nH]ccc4c23)CC1. The summed E-state index contributed by atoms with van der Waals surface area (Å²) >= 11 is 0. The second-order valence-corrected chi connectivity index (χ2v) is 5.59. The lowest BCUT2D eigenvalue weighted by atomic mass is 9.83. The third-order valence-electron chi connectivity index (χ3n) is 4.52. The van der Waals surface area contributed by atoms with E-state index in [9.17, 15) is 0 Å². The van der Waals surface area contributed by atoms with Crippen LogP contribution in [-0.4, -0.2) is 37.9 Å². The summed E-state index contributed by atoms with van der Waals surface area (Å²) in [6.07, 6.45) is 8.43. The molecule has 0 amide bonds. The van der Waals surface area contributed by atoms with Crippen LogP contribution in [0.4, 0.5) is 0 Å². The molecule has 0 unspecified atom stereocenters. The molecule has 1 fully saturated rings. The summed E-state index contributed by atoms with van der Waals surface area (Å²) in [5, 5.41) is 13.2. The minimum absolute atomic E-state index is 0.512. The Bertz CT molecular complexity index is 734. The highest BCUT2D eigenvalue weighted by Gasteiger charge is 2.26. The minimum atomic E-state index is 0.512. The largest absolute Gasteiger partial charge is 0.346 e. The van der Waals surface area contributed by atoms with Gasteiger partial charge in [0.25, 0.3) is 0 Å². The van der Waals surface area contributed by atoms with E-state index in [-0.39, 0.29) is 0 Å². The van der Waals surface area contributed by atoms with Gasteiger partial charge in [-0.2, -0.15) is 0 Å². The van der Waals surface area contributed by atoms with Crippen molar-refractivity contribution >= 4 is 16.6 Å². The first-order valence-corrected chi connectivity index (χ1v) is 7.21. The number of hydrogen-bond donors (Lipinski definition) is 2. The Morgan fingerprint density at radius 3 is 2.95 bits per heavy atom. The molecule has 2 N–H and O–H groups in total. The molecule has 3 aromatic heterocycles. The van der Waals surface area contributed by atoms with Gasteiger partial charge >= 0.3 is 0 Å². The van der Waals surface area contributed by atoms with Gasteiger partial charge in [-0.25, -0.2) is 9.50 Å². The fraction of sp³-hybridized carbons (Fsp3) is 0.500. The quantitative estimate of drug-likeness (QED) is 0.745. The van der Waals surface area contributed by atoms with Gasteiger partial charge < -0.3 is 10.3 Å². The van der Waals surface area contributed by atoms with E-state index in [2.05, 4.69) is 31.7 Å². The number of rotatable bonds is 2. The summed E-state index contributed by atoms with van der Waals surface area (Å²) in [6.45, 7) is 0. The van der Waals surface area contributed by atoms with Gasteiger partial charge in [-0.3, -0.25) is 0 Å². The molecule has 0 bridgehead atoms. The van der Waals surface area contributed by atoms with Crippen LogP contribution in [0.25, 0.3) is 16.6 Å². The molecule has 1 aliphatic carbocycles. The van der Waals surface area contributed by atoms with Gasteiger partial charge in [0.05, 0.1) is 5.69 Å². The first kappa shape index (κ1) is 11.8. The van der Waals surface area contributed by atoms with Crippen LogP contribution in [0.1, 0.15) is 37.3 Å². The second kappa shape index (κ2) is 4.56. The molecule has 0 atom stereocenters. The number of fused-ring (bicyclic) bond motifs is 3. The lowest BCUT2D eigenvalue weighted by Crippen LogP contribution is -2.29. The predicted octanol–water partition coefficient (Wildman–Crippen LogP) is 1.85. The number of aromatic amines is 1. The Morgan fingerprint density at radius 1 is 1.30 bits per heavy atom. The summed E-state index contributed by atoms with van der Waals surface area (Å²) in [5.74, 6) is 0.512. The molecule has 6 nitrogen and oxygen atoms in total. The smallest absolute Gasteiger partial charge is 0.141 e. The zero-order chi connectivity index (χ0) is 13.5. The topological polar surface area (TPSA) is 70.9 Å². The molecule has 3 heterocycles. The van der Waals surface area contributed by atoms with Crippen molar-refractivity contribution in [3.8, 4) is 0 Å². The number of nitrogens with one attached hydrogen (secondary N) is 2. The molecule has 1 saturated carbocycles. The third kappa shape index (κ3) is 1.71. The van der Waals surface area contributed by atoms with Crippen LogP contribution in [-0.2, 0) is 0 Å². The molecular weight excluding hydrogens is 252 g/mol. The van der Waals surface area contributed by atoms with E-state index in [0.29, 0.717) is 12.0 Å². The molecule has 104 valence electrons. The molecular formula is C14H18N6. The molecule has 0 aliphatic heterocycles. The van der Waals surface area contributed by atoms with Crippen LogP contribution >= 0.6 is 0 Å². The van der Waals surface area contributed by atoms with E-state index in [4.69, 9.17) is 0 Å². The van der Waals surface area contributed by atoms with E-state index < -0.39 is 0 Å². The molecule has 1 aliphatic rings. The van der Waals surface area contributed by atoms with E-state index in [0.717, 1.165) is 22.2 Å². The van der Waals surface area contributed by atoms with Crippen LogP contribution < -0.4 is 5.32 Å². The highest BCUT2D eigenvalue weighted by Crippen LogP contribution is 2.35. The summed E-state index contributed by atoms with van der Waals surface area (Å²) in [4.78, 5) is 7.51. The maximum Gasteiger partial charge on any atom is 0.141 e. The van der Waals surface area contributed by atoms with Crippen molar-refractivity contribution in [2.45, 2.75) is 37.6 Å². The molecule has 4 rings (SSSR count). The predicted molar refractivity (Wildman–Crippen MR) is 76.7 cm³/mol. The highest BCUT2D eigenvalue weighted by molar-refractivity contribution is 5.92. The molecule has 0 radical (unpaired) electrons. The number of aromatic nitrogens is 5. The lowest BCUT2D eigenvalue weighted by molar-refractivity contribution is 0.356. The van der Waals surface area contributed by atoms with Crippen molar-refractivity contribution in [2.24, 2.45) is 0 Å². The molecule has 20 heavy (non-hydrogen) atoms. The van der Waals surface area contributed by atoms with Crippen LogP contribution in [0.5, 0.6) is 0 Å². The fourth-order valence-electron chi connectivity index (χ4n) is 3.35. The van der Waals surface area contributed by atoms with E-state index in [1.165, 1.54) is 25.7 Å². The average Bonchev–Trinajstić information content (AvgIpc) is 3.13. The van der Waals surface area contributed by atoms with Crippen molar-refractivity contribution in [3.05, 3.63) is 24.3 Å². The zero-order valence-corrected chi connectivity index (χ0v) is 11.5. The summed E-state index contributed by atoms with van der Waals surface area (Å²) in [6, 6.07) is 2.71. The Hall–Kier alpha value is -1.95. The van der Waals surface area contributed by atoms with Crippen LogP contribution in [0.3, 0.4) is 0 Å². The van der Waals surface area contributed by atoms with E-state index >= 15 is 0 Å². The third-order valence-corrected chi connectivity index (χ3v) is 4.52. The van der Waals surface area contributed by atoms with Crippen molar-refractivity contribution in [1.82, 2.24) is 30.1 Å². The standard InChI is InChI=1S/C14H18N6/c1-15-10-4-2-9(3-5-10)12-13-11-6-7-16-14(11)17-8-20(13)19-18-12/h6-10,15-16H,2-5H2,1H3. The van der Waals surface area contributed by atoms with Crippen molar-refractivity contribution in [3.63, 3.8) is 0 Å². The molecule has 0 spiro atoms. The Balaban J connectivity index is 1.78. The van der Waals surface area contributed by atoms with Gasteiger partial charge in [-0.05, 0) is 38.8 Å². The first-order valence-electron chi connectivity index (χ1n) is 7.21. The van der Waals surface area contributed by atoms with Gasteiger partial charge in [0.1, 0.15) is 17.5 Å². The summed E-state index contributed by atoms with van der Waals surface area (Å²) in [5.41, 5.74) is 3.15. The lowest BCUT2D eigenvalue weighted by Gasteiger charge is -2.27. The zero-order valence-electron chi connectivity index (χ0n) is 11.5. The summed E-state index contributed by atoms with van der Waals surface area (Å²) in [7, 11) is 2.05. The van der Waals surface area contributed by atoms with E-state index in [1.807, 2.05) is 13.2 Å². The Kier molecular flexibility index (Phi) is 2.70. The maximum atomic E-state index is 4.44. The second-order valence-electron chi connectivity index (χ2n) is 5.59. The molecule has 6 heteroatoms. The van der Waals surface area contributed by atoms with Crippen LogP contribution in [0, 0.1) is 0 Å². The average molecular weight is 270 g/mol. The highest BCUT2D eigenvalue weighted by atomic mass is 15.4. The summed E-state index contributed by atoms with van der Waals surface area (Å²) < 4.78 is 1.80. The minimum Gasteiger partial charge on any atom is -0.346 e. The first-order chi connectivity index (χ1) is 9.86. The van der Waals surface area contributed by atoms with Crippen molar-refractivity contribution in [1.29, 1.82) is 0 Å². The molecule has 0 saturated heterocycles. The Labute approximate surface area is 116 Å². The van der Waals surface area contributed by atoms with Crippen molar-refractivity contribution in [2.75, 3.05) is 7.05 Å².